The number of hydrogen-bond acceptors (Lipinski definition) is 1. The van der Waals surface area contributed by atoms with Crippen molar-refractivity contribution in [1.29, 1.82) is 0 Å². The SMILES string of the molecule is CC1=CC=CC(Br)N1C. The Morgan fingerprint density at radius 3 is 2.78 bits per heavy atom. The second-order valence-corrected chi connectivity index (χ2v) is 3.11. The van der Waals surface area contributed by atoms with Crippen molar-refractivity contribution in [3.05, 3.63) is 23.9 Å². The van der Waals surface area contributed by atoms with E-state index in [-0.39, 0.29) is 0 Å². The molecule has 1 aliphatic rings. The van der Waals surface area contributed by atoms with E-state index < -0.39 is 0 Å². The van der Waals surface area contributed by atoms with Crippen molar-refractivity contribution >= 4 is 15.9 Å². The highest BCUT2D eigenvalue weighted by Crippen LogP contribution is 2.16. The van der Waals surface area contributed by atoms with Crippen molar-refractivity contribution in [2.24, 2.45) is 0 Å². The third kappa shape index (κ3) is 1.36. The monoisotopic (exact) mass is 187 g/mol. The fourth-order valence-corrected chi connectivity index (χ4v) is 1.23. The van der Waals surface area contributed by atoms with Crippen molar-refractivity contribution < 1.29 is 0 Å². The van der Waals surface area contributed by atoms with Crippen LogP contribution in [0.15, 0.2) is 23.9 Å². The molecule has 0 N–H and O–H groups in total. The molecule has 0 amide bonds. The van der Waals surface area contributed by atoms with Gasteiger partial charge in [-0.25, -0.2) is 0 Å². The second-order valence-electron chi connectivity index (χ2n) is 2.18. The zero-order valence-corrected chi connectivity index (χ0v) is 7.22. The topological polar surface area (TPSA) is 3.24 Å². The molecule has 1 unspecified atom stereocenters. The van der Waals surface area contributed by atoms with Crippen LogP contribution in [0, 0.1) is 0 Å². The van der Waals surface area contributed by atoms with Crippen molar-refractivity contribution in [2.75, 3.05) is 7.05 Å². The van der Waals surface area contributed by atoms with Crippen LogP contribution in [0.25, 0.3) is 0 Å². The van der Waals surface area contributed by atoms with Gasteiger partial charge in [0, 0.05) is 12.7 Å². The van der Waals surface area contributed by atoms with E-state index in [1.807, 2.05) is 0 Å². The molecule has 1 atom stereocenters. The maximum atomic E-state index is 3.49. The lowest BCUT2D eigenvalue weighted by atomic mass is 10.3. The van der Waals surface area contributed by atoms with E-state index in [9.17, 15) is 0 Å². The molecule has 1 heterocycles. The number of hydrogen-bond donors (Lipinski definition) is 0. The Labute approximate surface area is 64.2 Å². The Bertz CT molecular complexity index is 160. The van der Waals surface area contributed by atoms with Gasteiger partial charge in [0.25, 0.3) is 0 Å². The molecule has 0 saturated carbocycles. The molecule has 0 aromatic heterocycles. The number of alkyl halides is 1. The van der Waals surface area contributed by atoms with Gasteiger partial charge in [-0.3, -0.25) is 0 Å². The summed E-state index contributed by atoms with van der Waals surface area (Å²) in [5.74, 6) is 0. The summed E-state index contributed by atoms with van der Waals surface area (Å²) in [4.78, 5) is 2.54. The molecule has 0 spiro atoms. The molecule has 0 aliphatic carbocycles. The zero-order chi connectivity index (χ0) is 6.85. The quantitative estimate of drug-likeness (QED) is 0.415. The highest BCUT2D eigenvalue weighted by molar-refractivity contribution is 9.09. The van der Waals surface area contributed by atoms with Gasteiger partial charge in [-0.2, -0.15) is 0 Å². The maximum absolute atomic E-state index is 3.49. The Morgan fingerprint density at radius 1 is 1.67 bits per heavy atom. The summed E-state index contributed by atoms with van der Waals surface area (Å²) >= 11 is 3.49. The highest BCUT2D eigenvalue weighted by atomic mass is 79.9. The predicted octanol–water partition coefficient (Wildman–Crippen LogP) is 2.11. The van der Waals surface area contributed by atoms with Gasteiger partial charge in [0.15, 0.2) is 0 Å². The maximum Gasteiger partial charge on any atom is 0.103 e. The van der Waals surface area contributed by atoms with Gasteiger partial charge in [-0.1, -0.05) is 28.1 Å². The molecule has 2 heteroatoms. The van der Waals surface area contributed by atoms with Crippen LogP contribution in [-0.2, 0) is 0 Å². The summed E-state index contributed by atoms with van der Waals surface area (Å²) in [6.07, 6.45) is 6.26. The third-order valence-electron chi connectivity index (χ3n) is 1.53. The molecule has 9 heavy (non-hydrogen) atoms. The van der Waals surface area contributed by atoms with Crippen molar-refractivity contribution in [3.8, 4) is 0 Å². The number of likely N-dealkylation sites (N-methyl/N-ethyl adjacent to an activating group) is 1. The molecule has 0 bridgehead atoms. The first-order valence-electron chi connectivity index (χ1n) is 2.94. The minimum atomic E-state index is 0.377. The largest absolute Gasteiger partial charge is 0.362 e. The Balaban J connectivity index is 2.73. The fourth-order valence-electron chi connectivity index (χ4n) is 0.728. The molecule has 1 nitrogen and oxygen atoms in total. The lowest BCUT2D eigenvalue weighted by molar-refractivity contribution is 0.438. The van der Waals surface area contributed by atoms with Gasteiger partial charge in [0.05, 0.1) is 0 Å². The fraction of sp³-hybridized carbons (Fsp3) is 0.429. The number of nitrogens with zero attached hydrogens (tertiary/aromatic N) is 1. The number of halogens is 1. The van der Waals surface area contributed by atoms with Crippen LogP contribution in [0.2, 0.25) is 0 Å². The van der Waals surface area contributed by atoms with E-state index in [1.54, 1.807) is 0 Å². The first-order chi connectivity index (χ1) is 4.22. The number of allylic oxidation sites excluding steroid dienone is 3. The van der Waals surface area contributed by atoms with Crippen LogP contribution in [0.1, 0.15) is 6.92 Å². The van der Waals surface area contributed by atoms with Crippen molar-refractivity contribution in [2.45, 2.75) is 11.9 Å². The average molecular weight is 188 g/mol. The van der Waals surface area contributed by atoms with Crippen LogP contribution >= 0.6 is 15.9 Å². The smallest absolute Gasteiger partial charge is 0.103 e. The van der Waals surface area contributed by atoms with Crippen LogP contribution < -0.4 is 0 Å². The lowest BCUT2D eigenvalue weighted by Crippen LogP contribution is -2.24. The van der Waals surface area contributed by atoms with Gasteiger partial charge >= 0.3 is 0 Å². The van der Waals surface area contributed by atoms with Crippen LogP contribution in [0.4, 0.5) is 0 Å². The summed E-state index contributed by atoms with van der Waals surface area (Å²) in [5, 5.41) is 0. The predicted molar refractivity (Wildman–Crippen MR) is 43.4 cm³/mol. The molecule has 1 rings (SSSR count). The van der Waals surface area contributed by atoms with Gasteiger partial charge in [-0.05, 0) is 13.0 Å². The zero-order valence-electron chi connectivity index (χ0n) is 5.63. The molecular weight excluding hydrogens is 178 g/mol. The summed E-state index contributed by atoms with van der Waals surface area (Å²) in [6.45, 7) is 2.10. The molecule has 0 aromatic rings. The van der Waals surface area contributed by atoms with Crippen LogP contribution in [-0.4, -0.2) is 16.9 Å². The minimum Gasteiger partial charge on any atom is -0.362 e. The van der Waals surface area contributed by atoms with Gasteiger partial charge in [0.1, 0.15) is 4.95 Å². The molecule has 0 saturated heterocycles. The Morgan fingerprint density at radius 2 is 2.33 bits per heavy atom. The summed E-state index contributed by atoms with van der Waals surface area (Å²) in [7, 11) is 2.06. The van der Waals surface area contributed by atoms with E-state index in [0.29, 0.717) is 4.95 Å². The summed E-state index contributed by atoms with van der Waals surface area (Å²) in [5.41, 5.74) is 1.29. The van der Waals surface area contributed by atoms with Crippen LogP contribution in [0.5, 0.6) is 0 Å². The highest BCUT2D eigenvalue weighted by Gasteiger charge is 2.08. The van der Waals surface area contributed by atoms with Crippen molar-refractivity contribution in [1.82, 2.24) is 4.90 Å². The summed E-state index contributed by atoms with van der Waals surface area (Å²) in [6, 6.07) is 0. The first-order valence-corrected chi connectivity index (χ1v) is 3.85. The standard InChI is InChI=1S/C7H10BrN/c1-6-4-3-5-7(8)9(6)2/h3-5,7H,1-2H3. The van der Waals surface area contributed by atoms with E-state index >= 15 is 0 Å². The lowest BCUT2D eigenvalue weighted by Gasteiger charge is -2.25. The number of rotatable bonds is 0. The van der Waals surface area contributed by atoms with Gasteiger partial charge < -0.3 is 4.90 Å². The molecule has 0 radical (unpaired) electrons. The van der Waals surface area contributed by atoms with E-state index in [4.69, 9.17) is 0 Å². The molecule has 1 aliphatic heterocycles. The van der Waals surface area contributed by atoms with Gasteiger partial charge in [0.2, 0.25) is 0 Å². The van der Waals surface area contributed by atoms with E-state index in [2.05, 4.69) is 53.0 Å². The Hall–Kier alpha value is -0.240. The van der Waals surface area contributed by atoms with Gasteiger partial charge in [-0.15, -0.1) is 0 Å². The minimum absolute atomic E-state index is 0.377. The summed E-state index contributed by atoms with van der Waals surface area (Å²) < 4.78 is 0. The average Bonchev–Trinajstić information content (AvgIpc) is 1.83. The van der Waals surface area contributed by atoms with Crippen molar-refractivity contribution in [3.63, 3.8) is 0 Å². The Kier molecular flexibility index (Phi) is 1.96. The molecule has 0 aromatic carbocycles. The first kappa shape index (κ1) is 6.87. The van der Waals surface area contributed by atoms with E-state index in [0.717, 1.165) is 0 Å². The molecule has 50 valence electrons. The normalized spacial score (nSPS) is 26.3. The van der Waals surface area contributed by atoms with Crippen LogP contribution in [0.3, 0.4) is 0 Å². The van der Waals surface area contributed by atoms with E-state index in [1.165, 1.54) is 5.70 Å². The molecular formula is C7H10BrN. The third-order valence-corrected chi connectivity index (χ3v) is 2.45. The second kappa shape index (κ2) is 2.56. The molecule has 0 fully saturated rings.